The first-order valence-electron chi connectivity index (χ1n) is 11.1. The van der Waals surface area contributed by atoms with E-state index in [0.29, 0.717) is 24.2 Å². The van der Waals surface area contributed by atoms with Crippen LogP contribution in [0.2, 0.25) is 5.02 Å². The summed E-state index contributed by atoms with van der Waals surface area (Å²) in [6, 6.07) is 8.76. The third kappa shape index (κ3) is 5.27. The Kier molecular flexibility index (Phi) is 6.73. The van der Waals surface area contributed by atoms with Crippen molar-refractivity contribution in [3.8, 4) is 5.75 Å². The Labute approximate surface area is 196 Å². The van der Waals surface area contributed by atoms with E-state index in [-0.39, 0.29) is 5.02 Å². The summed E-state index contributed by atoms with van der Waals surface area (Å²) in [7, 11) is 0. The number of aromatic nitrogens is 2. The van der Waals surface area contributed by atoms with Gasteiger partial charge in [-0.1, -0.05) is 11.6 Å². The Morgan fingerprint density at radius 2 is 2.03 bits per heavy atom. The van der Waals surface area contributed by atoms with Crippen LogP contribution < -0.4 is 20.7 Å². The maximum Gasteiger partial charge on any atom is 0.144 e. The second kappa shape index (κ2) is 10.0. The molecule has 3 aromatic rings. The first kappa shape index (κ1) is 22.1. The van der Waals surface area contributed by atoms with Crippen molar-refractivity contribution in [2.45, 2.75) is 6.04 Å². The molecule has 174 valence electrons. The predicted octanol–water partition coefficient (Wildman–Crippen LogP) is 3.26. The zero-order chi connectivity index (χ0) is 22.6. The molecule has 2 saturated heterocycles. The van der Waals surface area contributed by atoms with E-state index < -0.39 is 5.82 Å². The molecule has 3 N–H and O–H groups in total. The van der Waals surface area contributed by atoms with Gasteiger partial charge in [-0.15, -0.1) is 0 Å². The van der Waals surface area contributed by atoms with Gasteiger partial charge in [-0.25, -0.2) is 14.4 Å². The summed E-state index contributed by atoms with van der Waals surface area (Å²) in [4.78, 5) is 11.2. The summed E-state index contributed by atoms with van der Waals surface area (Å²) in [6.07, 6.45) is 1.50. The number of anilines is 3. The molecule has 0 atom stereocenters. The normalized spacial score (nSPS) is 17.0. The summed E-state index contributed by atoms with van der Waals surface area (Å²) in [5.41, 5.74) is 2.29. The molecular weight excluding hydrogens is 447 g/mol. The molecule has 2 fully saturated rings. The minimum absolute atomic E-state index is 0.0501. The number of hydrogen-bond donors (Lipinski definition) is 3. The summed E-state index contributed by atoms with van der Waals surface area (Å²) < 4.78 is 25.2. The lowest BCUT2D eigenvalue weighted by Crippen LogP contribution is -2.51. The largest absolute Gasteiger partial charge is 0.490 e. The lowest BCUT2D eigenvalue weighted by atomic mass is 10.1. The van der Waals surface area contributed by atoms with Gasteiger partial charge in [-0.05, 0) is 24.3 Å². The molecule has 3 heterocycles. The quantitative estimate of drug-likeness (QED) is 0.461. The summed E-state index contributed by atoms with van der Waals surface area (Å²) in [5.74, 6) is 0.906. The molecule has 1 aromatic heterocycles. The molecule has 2 aliphatic rings. The van der Waals surface area contributed by atoms with E-state index >= 15 is 0 Å². The molecule has 2 aromatic carbocycles. The Balaban J connectivity index is 1.40. The lowest BCUT2D eigenvalue weighted by Gasteiger charge is -2.30. The van der Waals surface area contributed by atoms with Crippen LogP contribution in [-0.4, -0.2) is 73.5 Å². The Morgan fingerprint density at radius 1 is 1.18 bits per heavy atom. The SMILES string of the molecule is Fc1ccc(Nc2ncnc3cc(OCCN4CCOCC4)c(NC4CNC4)cc23)cc1Cl. The van der Waals surface area contributed by atoms with Crippen molar-refractivity contribution >= 4 is 39.7 Å². The predicted molar refractivity (Wildman–Crippen MR) is 127 cm³/mol. The highest BCUT2D eigenvalue weighted by molar-refractivity contribution is 6.31. The fourth-order valence-electron chi connectivity index (χ4n) is 3.85. The van der Waals surface area contributed by atoms with E-state index in [0.717, 1.165) is 68.3 Å². The van der Waals surface area contributed by atoms with Crippen LogP contribution in [0.3, 0.4) is 0 Å². The molecule has 10 heteroatoms. The van der Waals surface area contributed by atoms with Gasteiger partial charge in [0, 0.05) is 49.9 Å². The maximum absolute atomic E-state index is 13.5. The molecule has 0 unspecified atom stereocenters. The molecule has 0 radical (unpaired) electrons. The molecule has 0 aliphatic carbocycles. The molecule has 0 bridgehead atoms. The number of morpholine rings is 1. The Bertz CT molecular complexity index is 1120. The van der Waals surface area contributed by atoms with E-state index in [2.05, 4.69) is 30.8 Å². The van der Waals surface area contributed by atoms with Crippen LogP contribution in [0.15, 0.2) is 36.7 Å². The number of hydrogen-bond acceptors (Lipinski definition) is 8. The van der Waals surface area contributed by atoms with Crippen molar-refractivity contribution < 1.29 is 13.9 Å². The number of nitrogens with zero attached hydrogens (tertiary/aromatic N) is 3. The van der Waals surface area contributed by atoms with Crippen molar-refractivity contribution in [2.75, 3.05) is 63.2 Å². The molecule has 2 aliphatic heterocycles. The number of benzene rings is 2. The molecular formula is C23H26ClFN6O2. The molecule has 8 nitrogen and oxygen atoms in total. The third-order valence-electron chi connectivity index (χ3n) is 5.83. The van der Waals surface area contributed by atoms with Gasteiger partial charge >= 0.3 is 0 Å². The van der Waals surface area contributed by atoms with E-state index in [1.807, 2.05) is 12.1 Å². The maximum atomic E-state index is 13.5. The monoisotopic (exact) mass is 472 g/mol. The number of ether oxygens (including phenoxy) is 2. The van der Waals surface area contributed by atoms with Crippen LogP contribution >= 0.6 is 11.6 Å². The second-order valence-electron chi connectivity index (χ2n) is 8.14. The minimum atomic E-state index is -0.464. The molecule has 5 rings (SSSR count). The van der Waals surface area contributed by atoms with Crippen molar-refractivity contribution in [2.24, 2.45) is 0 Å². The minimum Gasteiger partial charge on any atom is -0.490 e. The van der Waals surface area contributed by atoms with E-state index in [9.17, 15) is 4.39 Å². The summed E-state index contributed by atoms with van der Waals surface area (Å²) in [6.45, 7) is 6.60. The fraction of sp³-hybridized carbons (Fsp3) is 0.391. The zero-order valence-corrected chi connectivity index (χ0v) is 18.9. The van der Waals surface area contributed by atoms with Gasteiger partial charge in [0.1, 0.15) is 30.3 Å². The van der Waals surface area contributed by atoms with Crippen molar-refractivity contribution in [1.82, 2.24) is 20.2 Å². The number of fused-ring (bicyclic) bond motifs is 1. The fourth-order valence-corrected chi connectivity index (χ4v) is 4.03. The molecule has 0 spiro atoms. The van der Waals surface area contributed by atoms with Gasteiger partial charge in [0.2, 0.25) is 0 Å². The highest BCUT2D eigenvalue weighted by atomic mass is 35.5. The van der Waals surface area contributed by atoms with Gasteiger partial charge in [0.25, 0.3) is 0 Å². The molecule has 33 heavy (non-hydrogen) atoms. The van der Waals surface area contributed by atoms with Gasteiger partial charge < -0.3 is 25.4 Å². The van der Waals surface area contributed by atoms with Gasteiger partial charge in [0.05, 0.1) is 35.5 Å². The first-order chi connectivity index (χ1) is 16.2. The van der Waals surface area contributed by atoms with Crippen LogP contribution in [0.5, 0.6) is 5.75 Å². The highest BCUT2D eigenvalue weighted by Gasteiger charge is 2.20. The van der Waals surface area contributed by atoms with Crippen LogP contribution in [0, 0.1) is 5.82 Å². The summed E-state index contributed by atoms with van der Waals surface area (Å²) in [5, 5.41) is 10.9. The number of rotatable bonds is 8. The number of halogens is 2. The molecule has 0 amide bonds. The van der Waals surface area contributed by atoms with Gasteiger partial charge in [0.15, 0.2) is 0 Å². The smallest absolute Gasteiger partial charge is 0.144 e. The van der Waals surface area contributed by atoms with E-state index in [1.165, 1.54) is 18.5 Å². The van der Waals surface area contributed by atoms with Crippen LogP contribution in [0.4, 0.5) is 21.6 Å². The Hall–Kier alpha value is -2.72. The summed E-state index contributed by atoms with van der Waals surface area (Å²) >= 11 is 5.94. The number of nitrogens with one attached hydrogen (secondary N) is 3. The third-order valence-corrected chi connectivity index (χ3v) is 6.12. The van der Waals surface area contributed by atoms with Crippen LogP contribution in [0.25, 0.3) is 10.9 Å². The van der Waals surface area contributed by atoms with E-state index in [1.54, 1.807) is 6.07 Å². The molecule has 0 saturated carbocycles. The van der Waals surface area contributed by atoms with Crippen molar-refractivity contribution in [3.05, 3.63) is 47.5 Å². The highest BCUT2D eigenvalue weighted by Crippen LogP contribution is 2.34. The van der Waals surface area contributed by atoms with Crippen molar-refractivity contribution in [3.63, 3.8) is 0 Å². The standard InChI is InChI=1S/C23H26ClFN6O2/c24-18-9-15(1-2-19(18)25)30-23-17-10-21(29-16-12-26-13-16)22(11-20(17)27-14-28-23)33-8-5-31-3-6-32-7-4-31/h1-2,9-11,14,16,26,29H,3-8,12-13H2,(H,27,28,30). The lowest BCUT2D eigenvalue weighted by molar-refractivity contribution is 0.0323. The van der Waals surface area contributed by atoms with Crippen molar-refractivity contribution in [1.29, 1.82) is 0 Å². The van der Waals surface area contributed by atoms with Gasteiger partial charge in [-0.2, -0.15) is 0 Å². The Morgan fingerprint density at radius 3 is 2.79 bits per heavy atom. The topological polar surface area (TPSA) is 83.6 Å². The zero-order valence-electron chi connectivity index (χ0n) is 18.1. The first-order valence-corrected chi connectivity index (χ1v) is 11.4. The second-order valence-corrected chi connectivity index (χ2v) is 8.55. The van der Waals surface area contributed by atoms with Crippen LogP contribution in [0.1, 0.15) is 0 Å². The van der Waals surface area contributed by atoms with Gasteiger partial charge in [-0.3, -0.25) is 4.90 Å². The average Bonchev–Trinajstić information content (AvgIpc) is 2.80. The average molecular weight is 473 g/mol. The van der Waals surface area contributed by atoms with Crippen LogP contribution in [-0.2, 0) is 4.74 Å². The van der Waals surface area contributed by atoms with E-state index in [4.69, 9.17) is 21.1 Å².